The van der Waals surface area contributed by atoms with Gasteiger partial charge in [0.2, 0.25) is 5.91 Å². The Bertz CT molecular complexity index is 249. The maximum Gasteiger partial charge on any atom is 0.237 e. The molecule has 1 aliphatic heterocycles. The van der Waals surface area contributed by atoms with E-state index in [1.807, 2.05) is 20.8 Å². The Kier molecular flexibility index (Phi) is 6.65. The Morgan fingerprint density at radius 2 is 2.00 bits per heavy atom. The third-order valence-electron chi connectivity index (χ3n) is 3.41. The van der Waals surface area contributed by atoms with Crippen LogP contribution >= 0.6 is 0 Å². The molecule has 1 saturated heterocycles. The van der Waals surface area contributed by atoms with Crippen LogP contribution in [0.3, 0.4) is 0 Å². The fraction of sp³-hybridized carbons (Fsp3) is 0.929. The van der Waals surface area contributed by atoms with Gasteiger partial charge >= 0.3 is 0 Å². The molecule has 106 valence electrons. The van der Waals surface area contributed by atoms with Crippen molar-refractivity contribution in [3.05, 3.63) is 0 Å². The number of amides is 1. The Morgan fingerprint density at radius 1 is 1.28 bits per heavy atom. The molecule has 0 aromatic carbocycles. The number of hydrogen-bond acceptors (Lipinski definition) is 3. The van der Waals surface area contributed by atoms with Crippen molar-refractivity contribution in [3.8, 4) is 0 Å². The first-order valence-electron chi connectivity index (χ1n) is 7.29. The zero-order chi connectivity index (χ0) is 13.5. The van der Waals surface area contributed by atoms with Gasteiger partial charge in [-0.2, -0.15) is 0 Å². The number of carbonyl (C=O) groups excluding carboxylic acids is 1. The average Bonchev–Trinajstić information content (AvgIpc) is 2.29. The van der Waals surface area contributed by atoms with Crippen molar-refractivity contribution in [2.24, 2.45) is 0 Å². The van der Waals surface area contributed by atoms with Crippen LogP contribution in [0.25, 0.3) is 0 Å². The Balaban J connectivity index is 2.25. The van der Waals surface area contributed by atoms with Crippen molar-refractivity contribution >= 4 is 5.91 Å². The first kappa shape index (κ1) is 15.4. The molecule has 4 heteroatoms. The van der Waals surface area contributed by atoms with Crippen LogP contribution in [0.1, 0.15) is 53.4 Å². The molecule has 3 atom stereocenters. The second-order valence-electron chi connectivity index (χ2n) is 5.84. The summed E-state index contributed by atoms with van der Waals surface area (Å²) >= 11 is 0. The highest BCUT2D eigenvalue weighted by Crippen LogP contribution is 2.12. The third-order valence-corrected chi connectivity index (χ3v) is 3.41. The van der Waals surface area contributed by atoms with E-state index in [2.05, 4.69) is 22.9 Å². The molecule has 1 amide bonds. The van der Waals surface area contributed by atoms with Crippen LogP contribution in [-0.4, -0.2) is 36.6 Å². The summed E-state index contributed by atoms with van der Waals surface area (Å²) in [5.41, 5.74) is 0. The van der Waals surface area contributed by atoms with Gasteiger partial charge < -0.3 is 16.0 Å². The first-order valence-corrected chi connectivity index (χ1v) is 7.29. The molecule has 3 N–H and O–H groups in total. The quantitative estimate of drug-likeness (QED) is 0.672. The molecule has 1 rings (SSSR count). The highest BCUT2D eigenvalue weighted by Gasteiger charge is 2.19. The van der Waals surface area contributed by atoms with E-state index in [0.717, 1.165) is 13.0 Å². The maximum atomic E-state index is 11.8. The second-order valence-corrected chi connectivity index (χ2v) is 5.84. The SMILES string of the molecule is CC(C)NC(=O)C(C)NC(C)CC1CCCCN1. The van der Waals surface area contributed by atoms with Crippen LogP contribution in [-0.2, 0) is 4.79 Å². The molecule has 1 heterocycles. The molecule has 18 heavy (non-hydrogen) atoms. The molecule has 4 nitrogen and oxygen atoms in total. The standard InChI is InChI=1S/C14H29N3O/c1-10(2)16-14(18)12(4)17-11(3)9-13-7-5-6-8-15-13/h10-13,15,17H,5-9H2,1-4H3,(H,16,18). The molecule has 0 aromatic heterocycles. The molecule has 1 aliphatic rings. The predicted molar refractivity (Wildman–Crippen MR) is 75.6 cm³/mol. The van der Waals surface area contributed by atoms with Crippen LogP contribution in [0.5, 0.6) is 0 Å². The van der Waals surface area contributed by atoms with Gasteiger partial charge in [0.05, 0.1) is 6.04 Å². The van der Waals surface area contributed by atoms with E-state index >= 15 is 0 Å². The second kappa shape index (κ2) is 7.74. The minimum Gasteiger partial charge on any atom is -0.353 e. The summed E-state index contributed by atoms with van der Waals surface area (Å²) < 4.78 is 0. The van der Waals surface area contributed by atoms with E-state index in [1.54, 1.807) is 0 Å². The molecule has 0 radical (unpaired) electrons. The van der Waals surface area contributed by atoms with Crippen LogP contribution in [0, 0.1) is 0 Å². The summed E-state index contributed by atoms with van der Waals surface area (Å²) in [5, 5.41) is 9.86. The van der Waals surface area contributed by atoms with E-state index in [9.17, 15) is 4.79 Å². The van der Waals surface area contributed by atoms with Gasteiger partial charge in [0.25, 0.3) is 0 Å². The van der Waals surface area contributed by atoms with E-state index < -0.39 is 0 Å². The molecule has 0 aromatic rings. The average molecular weight is 255 g/mol. The van der Waals surface area contributed by atoms with Crippen molar-refractivity contribution in [2.75, 3.05) is 6.54 Å². The number of piperidine rings is 1. The number of hydrogen-bond donors (Lipinski definition) is 3. The summed E-state index contributed by atoms with van der Waals surface area (Å²) in [4.78, 5) is 11.8. The maximum absolute atomic E-state index is 11.8. The molecule has 0 bridgehead atoms. The van der Waals surface area contributed by atoms with Crippen LogP contribution in [0.2, 0.25) is 0 Å². The fourth-order valence-electron chi connectivity index (χ4n) is 2.53. The fourth-order valence-corrected chi connectivity index (χ4v) is 2.53. The van der Waals surface area contributed by atoms with Crippen molar-refractivity contribution in [3.63, 3.8) is 0 Å². The molecule has 3 unspecified atom stereocenters. The largest absolute Gasteiger partial charge is 0.353 e. The summed E-state index contributed by atoms with van der Waals surface area (Å²) in [5.74, 6) is 0.0912. The van der Waals surface area contributed by atoms with Crippen molar-refractivity contribution < 1.29 is 4.79 Å². The predicted octanol–water partition coefficient (Wildman–Crippen LogP) is 1.41. The van der Waals surface area contributed by atoms with E-state index in [-0.39, 0.29) is 18.0 Å². The van der Waals surface area contributed by atoms with E-state index in [4.69, 9.17) is 0 Å². The summed E-state index contributed by atoms with van der Waals surface area (Å²) in [7, 11) is 0. The van der Waals surface area contributed by atoms with Crippen LogP contribution in [0.4, 0.5) is 0 Å². The first-order chi connectivity index (χ1) is 8.49. The Hall–Kier alpha value is -0.610. The lowest BCUT2D eigenvalue weighted by Gasteiger charge is -2.28. The Morgan fingerprint density at radius 3 is 2.56 bits per heavy atom. The van der Waals surface area contributed by atoms with Gasteiger partial charge in [-0.15, -0.1) is 0 Å². The van der Waals surface area contributed by atoms with Crippen LogP contribution < -0.4 is 16.0 Å². The van der Waals surface area contributed by atoms with E-state index in [1.165, 1.54) is 19.3 Å². The lowest BCUT2D eigenvalue weighted by atomic mass is 9.98. The zero-order valence-corrected chi connectivity index (χ0v) is 12.3. The zero-order valence-electron chi connectivity index (χ0n) is 12.3. The van der Waals surface area contributed by atoms with Gasteiger partial charge in [0.1, 0.15) is 0 Å². The van der Waals surface area contributed by atoms with Gasteiger partial charge in [-0.25, -0.2) is 0 Å². The lowest BCUT2D eigenvalue weighted by Crippen LogP contribution is -2.49. The van der Waals surface area contributed by atoms with Crippen molar-refractivity contribution in [1.82, 2.24) is 16.0 Å². The Labute approximate surface area is 111 Å². The highest BCUT2D eigenvalue weighted by molar-refractivity contribution is 5.81. The molecule has 0 aliphatic carbocycles. The number of carbonyl (C=O) groups is 1. The van der Waals surface area contributed by atoms with Crippen LogP contribution in [0.15, 0.2) is 0 Å². The smallest absolute Gasteiger partial charge is 0.237 e. The van der Waals surface area contributed by atoms with Gasteiger partial charge in [0, 0.05) is 18.1 Å². The number of nitrogens with one attached hydrogen (secondary N) is 3. The normalized spacial score (nSPS) is 23.7. The van der Waals surface area contributed by atoms with Gasteiger partial charge in [-0.05, 0) is 53.5 Å². The molecule has 0 saturated carbocycles. The van der Waals surface area contributed by atoms with Crippen molar-refractivity contribution in [2.45, 2.75) is 77.5 Å². The van der Waals surface area contributed by atoms with Gasteiger partial charge in [-0.3, -0.25) is 4.79 Å². The minimum absolute atomic E-state index is 0.0912. The summed E-state index contributed by atoms with van der Waals surface area (Å²) in [6.07, 6.45) is 4.98. The molecule has 1 fully saturated rings. The summed E-state index contributed by atoms with van der Waals surface area (Å²) in [6.45, 7) is 9.21. The number of rotatable bonds is 6. The molecular weight excluding hydrogens is 226 g/mol. The third kappa shape index (κ3) is 5.83. The summed E-state index contributed by atoms with van der Waals surface area (Å²) in [6, 6.07) is 1.07. The lowest BCUT2D eigenvalue weighted by molar-refractivity contribution is -0.123. The topological polar surface area (TPSA) is 53.2 Å². The monoisotopic (exact) mass is 255 g/mol. The molecular formula is C14H29N3O. The molecule has 0 spiro atoms. The minimum atomic E-state index is -0.119. The highest BCUT2D eigenvalue weighted by atomic mass is 16.2. The van der Waals surface area contributed by atoms with Crippen molar-refractivity contribution in [1.29, 1.82) is 0 Å². The van der Waals surface area contributed by atoms with Gasteiger partial charge in [-0.1, -0.05) is 6.42 Å². The van der Waals surface area contributed by atoms with Gasteiger partial charge in [0.15, 0.2) is 0 Å². The van der Waals surface area contributed by atoms with E-state index in [0.29, 0.717) is 12.1 Å².